The molecule has 0 radical (unpaired) electrons. The lowest BCUT2D eigenvalue weighted by atomic mass is 10.0. The number of urea groups is 1. The Morgan fingerprint density at radius 1 is 1.21 bits per heavy atom. The predicted molar refractivity (Wildman–Crippen MR) is 73.2 cm³/mol. The van der Waals surface area contributed by atoms with Crippen LogP contribution >= 0.6 is 0 Å². The van der Waals surface area contributed by atoms with E-state index in [4.69, 9.17) is 4.74 Å². The minimum atomic E-state index is -0.508. The van der Waals surface area contributed by atoms with E-state index in [1.54, 1.807) is 6.92 Å². The molecule has 0 heterocycles. The molecule has 0 aliphatic rings. The third-order valence-electron chi connectivity index (χ3n) is 2.51. The molecule has 0 saturated heterocycles. The maximum absolute atomic E-state index is 11.4. The standard InChI is InChI=1S/C14H20N2O3/c1-4-15-14(18)16-13(17)9-19-12-7-5-11(6-8-12)10(2)3/h5-8,10H,4,9H2,1-3H3,(H2,15,16,17,18). The summed E-state index contributed by atoms with van der Waals surface area (Å²) in [6.45, 7) is 6.27. The number of benzene rings is 1. The summed E-state index contributed by atoms with van der Waals surface area (Å²) < 4.78 is 5.29. The molecule has 0 aromatic heterocycles. The van der Waals surface area contributed by atoms with Crippen molar-refractivity contribution in [2.75, 3.05) is 13.2 Å². The summed E-state index contributed by atoms with van der Waals surface area (Å²) in [7, 11) is 0. The van der Waals surface area contributed by atoms with Crippen molar-refractivity contribution in [1.82, 2.24) is 10.6 Å². The topological polar surface area (TPSA) is 67.4 Å². The number of ether oxygens (including phenoxy) is 1. The highest BCUT2D eigenvalue weighted by Gasteiger charge is 2.07. The second kappa shape index (κ2) is 7.41. The molecule has 3 amide bonds. The summed E-state index contributed by atoms with van der Waals surface area (Å²) in [6, 6.07) is 7.04. The summed E-state index contributed by atoms with van der Waals surface area (Å²) >= 11 is 0. The Kier molecular flexibility index (Phi) is 5.85. The summed E-state index contributed by atoms with van der Waals surface area (Å²) in [5, 5.41) is 4.63. The number of nitrogens with one attached hydrogen (secondary N) is 2. The first-order valence-electron chi connectivity index (χ1n) is 6.33. The van der Waals surface area contributed by atoms with Crippen LogP contribution in [0.25, 0.3) is 0 Å². The maximum Gasteiger partial charge on any atom is 0.321 e. The monoisotopic (exact) mass is 264 g/mol. The zero-order valence-corrected chi connectivity index (χ0v) is 11.5. The highest BCUT2D eigenvalue weighted by Crippen LogP contribution is 2.18. The first-order valence-corrected chi connectivity index (χ1v) is 6.33. The van der Waals surface area contributed by atoms with Gasteiger partial charge in [0, 0.05) is 6.54 Å². The molecule has 0 aliphatic carbocycles. The van der Waals surface area contributed by atoms with Crippen LogP contribution in [0.15, 0.2) is 24.3 Å². The van der Waals surface area contributed by atoms with Crippen molar-refractivity contribution in [3.8, 4) is 5.75 Å². The third kappa shape index (κ3) is 5.42. The zero-order chi connectivity index (χ0) is 14.3. The van der Waals surface area contributed by atoms with Crippen molar-refractivity contribution in [3.05, 3.63) is 29.8 Å². The quantitative estimate of drug-likeness (QED) is 0.855. The lowest BCUT2D eigenvalue weighted by Gasteiger charge is -2.09. The second-order valence-corrected chi connectivity index (χ2v) is 4.42. The van der Waals surface area contributed by atoms with Crippen LogP contribution in [0.1, 0.15) is 32.3 Å². The summed E-state index contributed by atoms with van der Waals surface area (Å²) in [5.41, 5.74) is 1.21. The molecule has 0 bridgehead atoms. The number of carbonyl (C=O) groups is 2. The Morgan fingerprint density at radius 2 is 1.84 bits per heavy atom. The average molecular weight is 264 g/mol. The van der Waals surface area contributed by atoms with Crippen LogP contribution in [0.3, 0.4) is 0 Å². The van der Waals surface area contributed by atoms with Gasteiger partial charge in [-0.2, -0.15) is 0 Å². The van der Waals surface area contributed by atoms with Crippen LogP contribution in [0, 0.1) is 0 Å². The van der Waals surface area contributed by atoms with Gasteiger partial charge in [0.15, 0.2) is 6.61 Å². The number of carbonyl (C=O) groups excluding carboxylic acids is 2. The third-order valence-corrected chi connectivity index (χ3v) is 2.51. The van der Waals surface area contributed by atoms with E-state index in [-0.39, 0.29) is 6.61 Å². The van der Waals surface area contributed by atoms with Gasteiger partial charge in [-0.05, 0) is 30.5 Å². The van der Waals surface area contributed by atoms with E-state index in [9.17, 15) is 9.59 Å². The van der Waals surface area contributed by atoms with Crippen LogP contribution in [0.5, 0.6) is 5.75 Å². The Labute approximate surface area is 113 Å². The van der Waals surface area contributed by atoms with Gasteiger partial charge in [-0.1, -0.05) is 26.0 Å². The van der Waals surface area contributed by atoms with Crippen LogP contribution in [-0.4, -0.2) is 25.1 Å². The molecule has 0 atom stereocenters. The van der Waals surface area contributed by atoms with Gasteiger partial charge < -0.3 is 10.1 Å². The van der Waals surface area contributed by atoms with E-state index in [1.165, 1.54) is 5.56 Å². The Bertz CT molecular complexity index is 427. The molecule has 0 fully saturated rings. The first-order chi connectivity index (χ1) is 9.02. The molecule has 5 nitrogen and oxygen atoms in total. The summed E-state index contributed by atoms with van der Waals surface area (Å²) in [4.78, 5) is 22.5. The Hall–Kier alpha value is -2.04. The highest BCUT2D eigenvalue weighted by atomic mass is 16.5. The van der Waals surface area contributed by atoms with Gasteiger partial charge in [-0.3, -0.25) is 10.1 Å². The van der Waals surface area contributed by atoms with Crippen LogP contribution in [0.2, 0.25) is 0 Å². The molecule has 1 aromatic rings. The van der Waals surface area contributed by atoms with Gasteiger partial charge in [-0.25, -0.2) is 4.79 Å². The second-order valence-electron chi connectivity index (χ2n) is 4.42. The number of rotatable bonds is 5. The van der Waals surface area contributed by atoms with Crippen molar-refractivity contribution in [1.29, 1.82) is 0 Å². The molecule has 5 heteroatoms. The molecular formula is C14H20N2O3. The molecule has 0 unspecified atom stereocenters. The molecule has 0 spiro atoms. The Morgan fingerprint density at radius 3 is 2.37 bits per heavy atom. The minimum absolute atomic E-state index is 0.182. The highest BCUT2D eigenvalue weighted by molar-refractivity contribution is 5.94. The fourth-order valence-electron chi connectivity index (χ4n) is 1.47. The summed E-state index contributed by atoms with van der Waals surface area (Å²) in [6.07, 6.45) is 0. The zero-order valence-electron chi connectivity index (χ0n) is 11.5. The number of amides is 3. The maximum atomic E-state index is 11.4. The van der Waals surface area contributed by atoms with Gasteiger partial charge in [0.25, 0.3) is 5.91 Å². The number of hydrogen-bond acceptors (Lipinski definition) is 3. The van der Waals surface area contributed by atoms with Gasteiger partial charge in [0.1, 0.15) is 5.75 Å². The fraction of sp³-hybridized carbons (Fsp3) is 0.429. The van der Waals surface area contributed by atoms with Gasteiger partial charge in [0.05, 0.1) is 0 Å². The van der Waals surface area contributed by atoms with Crippen molar-refractivity contribution >= 4 is 11.9 Å². The SMILES string of the molecule is CCNC(=O)NC(=O)COc1ccc(C(C)C)cc1. The fourth-order valence-corrected chi connectivity index (χ4v) is 1.47. The van der Waals surface area contributed by atoms with Crippen molar-refractivity contribution in [2.24, 2.45) is 0 Å². The molecule has 1 aromatic carbocycles. The lowest BCUT2D eigenvalue weighted by Crippen LogP contribution is -2.41. The van der Waals surface area contributed by atoms with Crippen LogP contribution < -0.4 is 15.4 Å². The van der Waals surface area contributed by atoms with E-state index in [0.717, 1.165) is 0 Å². The van der Waals surface area contributed by atoms with E-state index < -0.39 is 11.9 Å². The number of hydrogen-bond donors (Lipinski definition) is 2. The normalized spacial score (nSPS) is 10.1. The van der Waals surface area contributed by atoms with E-state index in [2.05, 4.69) is 24.5 Å². The average Bonchev–Trinajstić information content (AvgIpc) is 2.37. The van der Waals surface area contributed by atoms with Gasteiger partial charge in [0.2, 0.25) is 0 Å². The minimum Gasteiger partial charge on any atom is -0.484 e. The van der Waals surface area contributed by atoms with E-state index >= 15 is 0 Å². The predicted octanol–water partition coefficient (Wildman–Crippen LogP) is 2.03. The lowest BCUT2D eigenvalue weighted by molar-refractivity contribution is -0.122. The first kappa shape index (κ1) is 15.0. The van der Waals surface area contributed by atoms with Gasteiger partial charge >= 0.3 is 6.03 Å². The van der Waals surface area contributed by atoms with E-state index in [0.29, 0.717) is 18.2 Å². The molecule has 104 valence electrons. The van der Waals surface area contributed by atoms with Gasteiger partial charge in [-0.15, -0.1) is 0 Å². The molecule has 19 heavy (non-hydrogen) atoms. The largest absolute Gasteiger partial charge is 0.484 e. The molecule has 0 saturated carbocycles. The number of imide groups is 1. The molecular weight excluding hydrogens is 244 g/mol. The van der Waals surface area contributed by atoms with Crippen molar-refractivity contribution < 1.29 is 14.3 Å². The van der Waals surface area contributed by atoms with Crippen LogP contribution in [-0.2, 0) is 4.79 Å². The molecule has 1 rings (SSSR count). The smallest absolute Gasteiger partial charge is 0.321 e. The molecule has 0 aliphatic heterocycles. The van der Waals surface area contributed by atoms with Crippen molar-refractivity contribution in [3.63, 3.8) is 0 Å². The van der Waals surface area contributed by atoms with Crippen molar-refractivity contribution in [2.45, 2.75) is 26.7 Å². The summed E-state index contributed by atoms with van der Waals surface area (Å²) in [5.74, 6) is 0.587. The van der Waals surface area contributed by atoms with E-state index in [1.807, 2.05) is 24.3 Å². The Balaban J connectivity index is 2.39. The van der Waals surface area contributed by atoms with Crippen LogP contribution in [0.4, 0.5) is 4.79 Å². The molecule has 2 N–H and O–H groups in total.